The first-order valence-corrected chi connectivity index (χ1v) is 6.37. The maximum Gasteiger partial charge on any atom is 0.334 e. The Hall–Kier alpha value is -2.42. The van der Waals surface area contributed by atoms with Crippen LogP contribution in [0.3, 0.4) is 0 Å². The fourth-order valence-electron chi connectivity index (χ4n) is 2.52. The Morgan fingerprint density at radius 3 is 2.25 bits per heavy atom. The minimum Gasteiger partial charge on any atom is -0.453 e. The van der Waals surface area contributed by atoms with Crippen molar-refractivity contribution in [2.24, 2.45) is 0 Å². The predicted molar refractivity (Wildman–Crippen MR) is 73.6 cm³/mol. The van der Waals surface area contributed by atoms with Crippen molar-refractivity contribution in [3.05, 3.63) is 83.7 Å². The zero-order valence-corrected chi connectivity index (χ0v) is 10.8. The minimum absolute atomic E-state index is 0.228. The van der Waals surface area contributed by atoms with Gasteiger partial charge in [0.05, 0.1) is 5.92 Å². The van der Waals surface area contributed by atoms with E-state index in [9.17, 15) is 9.18 Å². The largest absolute Gasteiger partial charge is 0.453 e. The van der Waals surface area contributed by atoms with Crippen LogP contribution in [0.25, 0.3) is 0 Å². The fraction of sp³-hybridized carbons (Fsp3) is 0.118. The maximum absolute atomic E-state index is 13.0. The van der Waals surface area contributed by atoms with E-state index in [-0.39, 0.29) is 11.7 Å². The van der Waals surface area contributed by atoms with Gasteiger partial charge in [0.15, 0.2) is 0 Å². The number of rotatable bonds is 2. The molecule has 0 bridgehead atoms. The van der Waals surface area contributed by atoms with E-state index >= 15 is 0 Å². The summed E-state index contributed by atoms with van der Waals surface area (Å²) in [5.41, 5.74) is 2.18. The highest BCUT2D eigenvalue weighted by Crippen LogP contribution is 2.44. The molecule has 2 atom stereocenters. The first kappa shape index (κ1) is 12.6. The van der Waals surface area contributed by atoms with E-state index in [4.69, 9.17) is 4.74 Å². The van der Waals surface area contributed by atoms with Crippen molar-refractivity contribution in [1.29, 1.82) is 0 Å². The molecule has 100 valence electrons. The highest BCUT2D eigenvalue weighted by Gasteiger charge is 2.40. The summed E-state index contributed by atoms with van der Waals surface area (Å²) in [5.74, 6) is -0.935. The minimum atomic E-state index is -0.446. The topological polar surface area (TPSA) is 26.3 Å². The van der Waals surface area contributed by atoms with Crippen LogP contribution < -0.4 is 0 Å². The summed E-state index contributed by atoms with van der Waals surface area (Å²) in [6.45, 7) is 3.84. The smallest absolute Gasteiger partial charge is 0.334 e. The van der Waals surface area contributed by atoms with E-state index in [1.807, 2.05) is 30.3 Å². The van der Waals surface area contributed by atoms with Gasteiger partial charge in [-0.2, -0.15) is 0 Å². The molecule has 1 fully saturated rings. The molecule has 3 heteroatoms. The molecule has 0 unspecified atom stereocenters. The van der Waals surface area contributed by atoms with Gasteiger partial charge in [-0.15, -0.1) is 0 Å². The number of esters is 1. The number of cyclic esters (lactones) is 1. The molecule has 0 radical (unpaired) electrons. The lowest BCUT2D eigenvalue weighted by atomic mass is 9.86. The standard InChI is InChI=1S/C17H13FO2/c1-11-15(12-5-3-2-4-6-12)16(20-17(11)19)13-7-9-14(18)10-8-13/h2-10,15-16H,1H2/t15-,16+/m0/s1. The molecular weight excluding hydrogens is 255 g/mol. The third-order valence-electron chi connectivity index (χ3n) is 3.53. The summed E-state index contributed by atoms with van der Waals surface area (Å²) in [6, 6.07) is 15.6. The Labute approximate surface area is 116 Å². The second-order valence-electron chi connectivity index (χ2n) is 4.79. The zero-order chi connectivity index (χ0) is 14.1. The molecule has 1 heterocycles. The molecule has 0 aliphatic carbocycles. The second-order valence-corrected chi connectivity index (χ2v) is 4.79. The first-order chi connectivity index (χ1) is 9.66. The molecule has 2 nitrogen and oxygen atoms in total. The molecule has 1 aliphatic heterocycles. The number of carbonyl (C=O) groups excluding carboxylic acids is 1. The van der Waals surface area contributed by atoms with Gasteiger partial charge in [0, 0.05) is 5.57 Å². The zero-order valence-electron chi connectivity index (χ0n) is 10.8. The molecule has 0 spiro atoms. The lowest BCUT2D eigenvalue weighted by Crippen LogP contribution is -2.07. The van der Waals surface area contributed by atoms with Gasteiger partial charge in [-0.3, -0.25) is 0 Å². The van der Waals surface area contributed by atoms with E-state index in [0.29, 0.717) is 5.57 Å². The molecule has 0 aromatic heterocycles. The number of carbonyl (C=O) groups is 1. The summed E-state index contributed by atoms with van der Waals surface area (Å²) in [6.07, 6.45) is -0.446. The number of benzene rings is 2. The molecular formula is C17H13FO2. The molecule has 1 aliphatic rings. The molecule has 2 aromatic carbocycles. The monoisotopic (exact) mass is 268 g/mol. The van der Waals surface area contributed by atoms with Crippen LogP contribution in [0.5, 0.6) is 0 Å². The summed E-state index contributed by atoms with van der Waals surface area (Å²) >= 11 is 0. The lowest BCUT2D eigenvalue weighted by Gasteiger charge is -2.18. The molecule has 3 rings (SSSR count). The molecule has 2 aromatic rings. The summed E-state index contributed by atoms with van der Waals surface area (Å²) in [4.78, 5) is 11.8. The van der Waals surface area contributed by atoms with Gasteiger partial charge >= 0.3 is 5.97 Å². The Morgan fingerprint density at radius 2 is 1.60 bits per heavy atom. The van der Waals surface area contributed by atoms with Crippen molar-refractivity contribution < 1.29 is 13.9 Å². The SMILES string of the molecule is C=C1C(=O)O[C@H](c2ccc(F)cc2)[C@@H]1c1ccccc1. The molecule has 0 N–H and O–H groups in total. The van der Waals surface area contributed by atoms with E-state index in [1.165, 1.54) is 12.1 Å². The van der Waals surface area contributed by atoms with Crippen LogP contribution in [0.15, 0.2) is 66.7 Å². The summed E-state index contributed by atoms with van der Waals surface area (Å²) in [7, 11) is 0. The van der Waals surface area contributed by atoms with Gasteiger partial charge in [-0.1, -0.05) is 49.0 Å². The third-order valence-corrected chi connectivity index (χ3v) is 3.53. The van der Waals surface area contributed by atoms with Gasteiger partial charge in [0.1, 0.15) is 11.9 Å². The van der Waals surface area contributed by atoms with Crippen molar-refractivity contribution in [2.75, 3.05) is 0 Å². The highest BCUT2D eigenvalue weighted by atomic mass is 19.1. The van der Waals surface area contributed by atoms with Crippen molar-refractivity contribution in [2.45, 2.75) is 12.0 Å². The van der Waals surface area contributed by atoms with E-state index in [1.54, 1.807) is 12.1 Å². The Kier molecular flexibility index (Phi) is 3.11. The van der Waals surface area contributed by atoms with Crippen molar-refractivity contribution >= 4 is 5.97 Å². The summed E-state index contributed by atoms with van der Waals surface area (Å²) in [5, 5.41) is 0. The lowest BCUT2D eigenvalue weighted by molar-refractivity contribution is -0.139. The van der Waals surface area contributed by atoms with Gasteiger partial charge in [-0.25, -0.2) is 9.18 Å². The van der Waals surface area contributed by atoms with Crippen molar-refractivity contribution in [3.63, 3.8) is 0 Å². The van der Waals surface area contributed by atoms with Gasteiger partial charge in [0.2, 0.25) is 0 Å². The van der Waals surface area contributed by atoms with Crippen LogP contribution in [0, 0.1) is 5.82 Å². The van der Waals surface area contributed by atoms with Crippen molar-refractivity contribution in [1.82, 2.24) is 0 Å². The maximum atomic E-state index is 13.0. The molecule has 20 heavy (non-hydrogen) atoms. The van der Waals surface area contributed by atoms with Gasteiger partial charge in [-0.05, 0) is 23.3 Å². The van der Waals surface area contributed by atoms with Crippen LogP contribution in [-0.4, -0.2) is 5.97 Å². The van der Waals surface area contributed by atoms with Crippen LogP contribution in [-0.2, 0) is 9.53 Å². The number of hydrogen-bond acceptors (Lipinski definition) is 2. The van der Waals surface area contributed by atoms with Crippen LogP contribution in [0.2, 0.25) is 0 Å². The Balaban J connectivity index is 2.02. The van der Waals surface area contributed by atoms with Gasteiger partial charge in [0.25, 0.3) is 0 Å². The van der Waals surface area contributed by atoms with Crippen LogP contribution in [0.4, 0.5) is 4.39 Å². The van der Waals surface area contributed by atoms with Crippen LogP contribution >= 0.6 is 0 Å². The number of halogens is 1. The van der Waals surface area contributed by atoms with E-state index < -0.39 is 12.1 Å². The Morgan fingerprint density at radius 1 is 0.950 bits per heavy atom. The molecule has 0 amide bonds. The van der Waals surface area contributed by atoms with Gasteiger partial charge < -0.3 is 4.74 Å². The fourth-order valence-corrected chi connectivity index (χ4v) is 2.52. The normalized spacial score (nSPS) is 21.9. The van der Waals surface area contributed by atoms with E-state index in [0.717, 1.165) is 11.1 Å². The average Bonchev–Trinajstić information content (AvgIpc) is 2.77. The van der Waals surface area contributed by atoms with Crippen molar-refractivity contribution in [3.8, 4) is 0 Å². The van der Waals surface area contributed by atoms with Crippen LogP contribution in [0.1, 0.15) is 23.1 Å². The van der Waals surface area contributed by atoms with E-state index in [2.05, 4.69) is 6.58 Å². The highest BCUT2D eigenvalue weighted by molar-refractivity contribution is 5.92. The summed E-state index contributed by atoms with van der Waals surface area (Å²) < 4.78 is 18.4. The molecule has 1 saturated heterocycles. The third kappa shape index (κ3) is 2.11. The average molecular weight is 268 g/mol. The quantitative estimate of drug-likeness (QED) is 0.612. The predicted octanol–water partition coefficient (Wildman–Crippen LogP) is 3.76. The second kappa shape index (κ2) is 4.93. The first-order valence-electron chi connectivity index (χ1n) is 6.37. The number of ether oxygens (including phenoxy) is 1. The number of hydrogen-bond donors (Lipinski definition) is 0. The molecule has 0 saturated carbocycles. The Bertz CT molecular complexity index is 646.